The fraction of sp³-hybridized carbons (Fsp3) is 0.0270. The maximum absolute atomic E-state index is 3.65. The molecule has 0 saturated heterocycles. The minimum atomic E-state index is -0.388. The van der Waals surface area contributed by atoms with Crippen LogP contribution in [0.15, 0.2) is 146 Å². The van der Waals surface area contributed by atoms with E-state index in [9.17, 15) is 0 Å². The van der Waals surface area contributed by atoms with Gasteiger partial charge in [0.1, 0.15) is 0 Å². The molecule has 0 atom stereocenters. The van der Waals surface area contributed by atoms with E-state index in [4.69, 9.17) is 0 Å². The van der Waals surface area contributed by atoms with Crippen LogP contribution in [-0.4, -0.2) is 0 Å². The second-order valence-electron chi connectivity index (χ2n) is 10.3. The number of benzene rings is 6. The van der Waals surface area contributed by atoms with Crippen molar-refractivity contribution in [3.63, 3.8) is 0 Å². The molecule has 0 aromatic heterocycles. The van der Waals surface area contributed by atoms with Crippen LogP contribution in [0.1, 0.15) is 22.3 Å². The SMILES string of the molecule is c1ccc(Nc2ccc3c(c2)C2(c4ccccc4-3)c3ccccc3-c3ccc(Nc4ccccc4)cc32)cc1. The number of para-hydroxylation sites is 2. The number of nitrogens with one attached hydrogen (secondary N) is 2. The Labute approximate surface area is 228 Å². The van der Waals surface area contributed by atoms with Crippen LogP contribution in [0.25, 0.3) is 22.3 Å². The quantitative estimate of drug-likeness (QED) is 0.252. The van der Waals surface area contributed by atoms with Crippen molar-refractivity contribution in [1.82, 2.24) is 0 Å². The maximum Gasteiger partial charge on any atom is 0.0727 e. The van der Waals surface area contributed by atoms with E-state index in [1.165, 1.54) is 44.5 Å². The van der Waals surface area contributed by atoms with Crippen molar-refractivity contribution in [2.24, 2.45) is 0 Å². The smallest absolute Gasteiger partial charge is 0.0727 e. The summed E-state index contributed by atoms with van der Waals surface area (Å²) < 4.78 is 0. The lowest BCUT2D eigenvalue weighted by atomic mass is 9.70. The summed E-state index contributed by atoms with van der Waals surface area (Å²) in [7, 11) is 0. The van der Waals surface area contributed by atoms with Crippen molar-refractivity contribution >= 4 is 22.7 Å². The minimum Gasteiger partial charge on any atom is -0.356 e. The summed E-state index contributed by atoms with van der Waals surface area (Å²) in [5.41, 5.74) is 14.5. The van der Waals surface area contributed by atoms with Crippen LogP contribution >= 0.6 is 0 Å². The first kappa shape index (κ1) is 22.0. The van der Waals surface area contributed by atoms with Crippen molar-refractivity contribution in [3.05, 3.63) is 168 Å². The zero-order chi connectivity index (χ0) is 25.8. The van der Waals surface area contributed by atoms with Crippen molar-refractivity contribution in [2.75, 3.05) is 10.6 Å². The van der Waals surface area contributed by atoms with Crippen molar-refractivity contribution in [2.45, 2.75) is 5.41 Å². The van der Waals surface area contributed by atoms with Gasteiger partial charge in [0.05, 0.1) is 5.41 Å². The van der Waals surface area contributed by atoms with E-state index in [-0.39, 0.29) is 5.41 Å². The molecule has 0 heterocycles. The van der Waals surface area contributed by atoms with E-state index < -0.39 is 0 Å². The van der Waals surface area contributed by atoms with Crippen LogP contribution < -0.4 is 10.6 Å². The van der Waals surface area contributed by atoms with Gasteiger partial charge >= 0.3 is 0 Å². The molecular weight excluding hydrogens is 472 g/mol. The van der Waals surface area contributed by atoms with Gasteiger partial charge < -0.3 is 10.6 Å². The number of anilines is 4. The molecule has 2 aliphatic carbocycles. The van der Waals surface area contributed by atoms with Crippen LogP contribution in [0.5, 0.6) is 0 Å². The van der Waals surface area contributed by atoms with Gasteiger partial charge in [-0.1, -0.05) is 97.1 Å². The molecule has 2 N–H and O–H groups in total. The molecule has 0 aliphatic heterocycles. The molecule has 0 amide bonds. The zero-order valence-electron chi connectivity index (χ0n) is 21.4. The Kier molecular flexibility index (Phi) is 4.77. The highest BCUT2D eigenvalue weighted by molar-refractivity contribution is 5.96. The Balaban J connectivity index is 1.39. The normalized spacial score (nSPS) is 13.3. The molecule has 8 rings (SSSR count). The van der Waals surface area contributed by atoms with Gasteiger partial charge in [-0.05, 0) is 93.0 Å². The lowest BCUT2D eigenvalue weighted by Crippen LogP contribution is -2.26. The Morgan fingerprint density at radius 3 is 1.15 bits per heavy atom. The monoisotopic (exact) mass is 498 g/mol. The van der Waals surface area contributed by atoms with Gasteiger partial charge in [0.2, 0.25) is 0 Å². The summed E-state index contributed by atoms with van der Waals surface area (Å²) in [6.07, 6.45) is 0. The van der Waals surface area contributed by atoms with Gasteiger partial charge in [-0.3, -0.25) is 0 Å². The Hall–Kier alpha value is -5.08. The van der Waals surface area contributed by atoms with Crippen LogP contribution in [-0.2, 0) is 5.41 Å². The number of rotatable bonds is 4. The third kappa shape index (κ3) is 3.22. The molecular formula is C37H26N2. The third-order valence-electron chi connectivity index (χ3n) is 8.21. The van der Waals surface area contributed by atoms with Gasteiger partial charge in [-0.25, -0.2) is 0 Å². The lowest BCUT2D eigenvalue weighted by molar-refractivity contribution is 0.794. The first-order valence-electron chi connectivity index (χ1n) is 13.5. The summed E-state index contributed by atoms with van der Waals surface area (Å²) in [5, 5.41) is 7.29. The number of hydrogen-bond acceptors (Lipinski definition) is 2. The van der Waals surface area contributed by atoms with E-state index >= 15 is 0 Å². The molecule has 0 fully saturated rings. The van der Waals surface area contributed by atoms with Crippen molar-refractivity contribution < 1.29 is 0 Å². The summed E-state index contributed by atoms with van der Waals surface area (Å²) in [6.45, 7) is 0. The molecule has 1 spiro atoms. The van der Waals surface area contributed by atoms with Crippen molar-refractivity contribution in [1.29, 1.82) is 0 Å². The number of hydrogen-bond donors (Lipinski definition) is 2. The fourth-order valence-corrected chi connectivity index (χ4v) is 6.67. The predicted molar refractivity (Wildman–Crippen MR) is 162 cm³/mol. The minimum absolute atomic E-state index is 0.388. The zero-order valence-corrected chi connectivity index (χ0v) is 21.4. The summed E-state index contributed by atoms with van der Waals surface area (Å²) >= 11 is 0. The van der Waals surface area contributed by atoms with Crippen LogP contribution in [0, 0.1) is 0 Å². The summed E-state index contributed by atoms with van der Waals surface area (Å²) in [4.78, 5) is 0. The third-order valence-corrected chi connectivity index (χ3v) is 8.21. The predicted octanol–water partition coefficient (Wildman–Crippen LogP) is 9.52. The molecule has 2 heteroatoms. The second kappa shape index (κ2) is 8.47. The highest BCUT2D eigenvalue weighted by Gasteiger charge is 2.51. The molecule has 0 unspecified atom stereocenters. The first-order chi connectivity index (χ1) is 19.3. The highest BCUT2D eigenvalue weighted by atomic mass is 14.9. The average molecular weight is 499 g/mol. The lowest BCUT2D eigenvalue weighted by Gasteiger charge is -2.31. The molecule has 39 heavy (non-hydrogen) atoms. The Morgan fingerprint density at radius 2 is 0.692 bits per heavy atom. The van der Waals surface area contributed by atoms with E-state index in [2.05, 4.69) is 144 Å². The van der Waals surface area contributed by atoms with Gasteiger partial charge in [-0.15, -0.1) is 0 Å². The molecule has 6 aromatic carbocycles. The molecule has 0 saturated carbocycles. The number of fused-ring (bicyclic) bond motifs is 10. The molecule has 2 aliphatic rings. The molecule has 6 aromatic rings. The standard InChI is InChI=1S/C37H26N2/c1-3-11-25(12-4-1)38-27-19-21-31-29-15-7-9-17-33(29)37(35(31)23-27)34-18-10-8-16-30(34)32-22-20-28(24-36(32)37)39-26-13-5-2-6-14-26/h1-24,38-39H. The van der Waals surface area contributed by atoms with Crippen LogP contribution in [0.2, 0.25) is 0 Å². The van der Waals surface area contributed by atoms with Gasteiger partial charge in [0, 0.05) is 22.7 Å². The van der Waals surface area contributed by atoms with E-state index in [0.29, 0.717) is 0 Å². The van der Waals surface area contributed by atoms with E-state index in [1.807, 2.05) is 12.1 Å². The molecule has 0 radical (unpaired) electrons. The maximum atomic E-state index is 3.65. The topological polar surface area (TPSA) is 24.1 Å². The molecule has 0 bridgehead atoms. The first-order valence-corrected chi connectivity index (χ1v) is 13.5. The average Bonchev–Trinajstić information content (AvgIpc) is 3.45. The summed E-state index contributed by atoms with van der Waals surface area (Å²) in [6, 6.07) is 52.4. The van der Waals surface area contributed by atoms with Gasteiger partial charge in [0.25, 0.3) is 0 Å². The fourth-order valence-electron chi connectivity index (χ4n) is 6.67. The Morgan fingerprint density at radius 1 is 0.308 bits per heavy atom. The van der Waals surface area contributed by atoms with Crippen LogP contribution in [0.4, 0.5) is 22.7 Å². The highest BCUT2D eigenvalue weighted by Crippen LogP contribution is 2.63. The Bertz CT molecular complexity index is 1720. The molecule has 2 nitrogen and oxygen atoms in total. The van der Waals surface area contributed by atoms with Crippen molar-refractivity contribution in [3.8, 4) is 22.3 Å². The van der Waals surface area contributed by atoms with E-state index in [1.54, 1.807) is 0 Å². The summed E-state index contributed by atoms with van der Waals surface area (Å²) in [5.74, 6) is 0. The second-order valence-corrected chi connectivity index (χ2v) is 10.3. The molecule has 184 valence electrons. The van der Waals surface area contributed by atoms with E-state index in [0.717, 1.165) is 22.7 Å². The van der Waals surface area contributed by atoms with Crippen LogP contribution in [0.3, 0.4) is 0 Å². The van der Waals surface area contributed by atoms with Gasteiger partial charge in [-0.2, -0.15) is 0 Å². The van der Waals surface area contributed by atoms with Gasteiger partial charge in [0.15, 0.2) is 0 Å². The largest absolute Gasteiger partial charge is 0.356 e.